The lowest BCUT2D eigenvalue weighted by Gasteiger charge is -2.36. The summed E-state index contributed by atoms with van der Waals surface area (Å²) in [5.41, 5.74) is 5.65. The predicted octanol–water partition coefficient (Wildman–Crippen LogP) is 8.55. The van der Waals surface area contributed by atoms with E-state index >= 15 is 0 Å². The summed E-state index contributed by atoms with van der Waals surface area (Å²) in [6.45, 7) is 17.9. The first kappa shape index (κ1) is 64.6. The van der Waals surface area contributed by atoms with Gasteiger partial charge in [0.2, 0.25) is 11.5 Å². The van der Waals surface area contributed by atoms with E-state index in [1.807, 2.05) is 140 Å². The normalized spacial score (nSPS) is 23.1. The Balaban J connectivity index is 1.20. The Morgan fingerprint density at radius 3 is 1.39 bits per heavy atom. The second-order valence-electron chi connectivity index (χ2n) is 21.4. The number of hydrogen-bond acceptors (Lipinski definition) is 19. The molecule has 0 amide bonds. The molecule has 2 aliphatic carbocycles. The number of esters is 5. The number of Topliss-reactive ketones (excluding diaryl/α,β-unsaturated/α-hetero) is 3. The highest BCUT2D eigenvalue weighted by atomic mass is 16.6. The number of carbonyl (C=O) groups is 8. The zero-order valence-corrected chi connectivity index (χ0v) is 46.9. The van der Waals surface area contributed by atoms with Crippen LogP contribution >= 0.6 is 0 Å². The molecule has 432 valence electrons. The molecule has 0 aromatic carbocycles. The van der Waals surface area contributed by atoms with Gasteiger partial charge in [-0.25, -0.2) is 9.59 Å². The summed E-state index contributed by atoms with van der Waals surface area (Å²) in [6.07, 6.45) is 19.0. The predicted molar refractivity (Wildman–Crippen MR) is 293 cm³/mol. The van der Waals surface area contributed by atoms with E-state index in [1.165, 1.54) is 0 Å². The maximum absolute atomic E-state index is 13.4. The third-order valence-electron chi connectivity index (χ3n) is 13.7. The molecule has 6 N–H and O–H groups in total. The molecule has 2 heterocycles. The van der Waals surface area contributed by atoms with E-state index in [0.717, 1.165) is 33.4 Å². The molecule has 0 bridgehead atoms. The van der Waals surface area contributed by atoms with Crippen LogP contribution in [0.1, 0.15) is 114 Å². The average Bonchev–Trinajstić information content (AvgIpc) is 3.83. The van der Waals surface area contributed by atoms with E-state index in [0.29, 0.717) is 17.6 Å². The highest BCUT2D eigenvalue weighted by Crippen LogP contribution is 2.44. The van der Waals surface area contributed by atoms with Crippen molar-refractivity contribution in [2.75, 3.05) is 13.2 Å². The van der Waals surface area contributed by atoms with Crippen LogP contribution in [0, 0.1) is 16.7 Å². The highest BCUT2D eigenvalue weighted by Gasteiger charge is 2.43. The number of hydrogen-bond donors (Lipinski definition) is 6. The number of allylic oxidation sites excluding steroid dienone is 21. The molecule has 0 radical (unpaired) electrons. The fourth-order valence-corrected chi connectivity index (χ4v) is 9.21. The van der Waals surface area contributed by atoms with Crippen LogP contribution in [0.2, 0.25) is 0 Å². The Labute approximate surface area is 465 Å². The number of cyclic esters (lactones) is 2. The topological polar surface area (TPSA) is 304 Å². The molecular formula is C61H74O19. The van der Waals surface area contributed by atoms with Crippen LogP contribution in [-0.2, 0) is 62.0 Å². The highest BCUT2D eigenvalue weighted by molar-refractivity contribution is 6.02. The van der Waals surface area contributed by atoms with Crippen LogP contribution in [0.25, 0.3) is 0 Å². The largest absolute Gasteiger partial charge is 0.505 e. The summed E-state index contributed by atoms with van der Waals surface area (Å²) in [5.74, 6) is -10.1. The molecule has 0 saturated carbocycles. The smallest absolute Gasteiger partial charge is 0.377 e. The quantitative estimate of drug-likeness (QED) is 0.0283. The van der Waals surface area contributed by atoms with Crippen LogP contribution in [-0.4, -0.2) is 122 Å². The number of aliphatic hydroxyl groups is 6. The van der Waals surface area contributed by atoms with Crippen molar-refractivity contribution >= 4 is 47.2 Å². The van der Waals surface area contributed by atoms with Crippen LogP contribution < -0.4 is 0 Å². The third-order valence-corrected chi connectivity index (χ3v) is 13.7. The number of rotatable bonds is 25. The summed E-state index contributed by atoms with van der Waals surface area (Å²) in [7, 11) is 0. The van der Waals surface area contributed by atoms with E-state index in [4.69, 9.17) is 14.2 Å². The summed E-state index contributed by atoms with van der Waals surface area (Å²) >= 11 is 0. The molecule has 6 atom stereocenters. The van der Waals surface area contributed by atoms with Gasteiger partial charge in [-0.15, -0.1) is 0 Å². The SMILES string of the molecule is CC1=C(/C=C/C(C)=C/C=C/C(C)=C/C=C/C=C(C)/C=C/C=C(C)/C=C/C2=C(C)C(=O)C(OC(=O)CCC(=O)OC[C@H](O)[C@H]3OC(=O)C(O)=C3O)CC2(C)C)C(C)(C)CC(CC(=O)CCC(=O)OC[C@H](O)[C@H]2OC(=O)C(O)=C2O)C1=O. The van der Waals surface area contributed by atoms with Gasteiger partial charge in [-0.05, 0) is 81.1 Å². The Morgan fingerprint density at radius 1 is 0.562 bits per heavy atom. The lowest BCUT2D eigenvalue weighted by atomic mass is 9.66. The lowest BCUT2D eigenvalue weighted by molar-refractivity contribution is -0.160. The van der Waals surface area contributed by atoms with Crippen molar-refractivity contribution in [1.29, 1.82) is 0 Å². The summed E-state index contributed by atoms with van der Waals surface area (Å²) < 4.78 is 24.6. The maximum Gasteiger partial charge on any atom is 0.377 e. The standard InChI is InChI=1S/C61H74O19/c1-34(17-13-19-36(3)21-24-42-38(5)50(68)40(30-60(42,7)8)29-41(62)23-26-47(65)76-32-44(63)56-52(70)54(72)58(74)79-56)15-11-12-16-35(2)18-14-20-37(4)22-25-43-39(6)51(69)46(31-61(43,9)10)78-49(67)28-27-48(66)77-33-45(64)57-53(71)55(73)59(75)80-57/h11-22,24-25,40,44-46,56-57,63-64,70-73H,23,26-33H2,1-10H3/b12-11+,17-13+,18-14+,24-21+,25-22+,34-15+,35-16+,36-19+,37-20+/t40?,44-,45-,46?,56+,57+/m0/s1. The minimum atomic E-state index is -1.66. The zero-order chi connectivity index (χ0) is 59.8. The van der Waals surface area contributed by atoms with Crippen molar-refractivity contribution in [2.24, 2.45) is 16.7 Å². The van der Waals surface area contributed by atoms with Gasteiger partial charge in [-0.2, -0.15) is 0 Å². The molecule has 0 spiro atoms. The van der Waals surface area contributed by atoms with Gasteiger partial charge in [0, 0.05) is 25.2 Å². The first-order valence-corrected chi connectivity index (χ1v) is 26.1. The van der Waals surface area contributed by atoms with E-state index in [9.17, 15) is 69.0 Å². The molecule has 2 aliphatic heterocycles. The maximum atomic E-state index is 13.4. The van der Waals surface area contributed by atoms with Gasteiger partial charge in [-0.3, -0.25) is 28.8 Å². The molecule has 4 rings (SSSR count). The molecule has 19 nitrogen and oxygen atoms in total. The summed E-state index contributed by atoms with van der Waals surface area (Å²) in [6, 6.07) is 0. The molecule has 4 aliphatic rings. The fourth-order valence-electron chi connectivity index (χ4n) is 9.21. The monoisotopic (exact) mass is 1110 g/mol. The van der Waals surface area contributed by atoms with Crippen LogP contribution in [0.3, 0.4) is 0 Å². The van der Waals surface area contributed by atoms with Crippen molar-refractivity contribution in [1.82, 2.24) is 0 Å². The van der Waals surface area contributed by atoms with E-state index in [1.54, 1.807) is 13.8 Å². The third kappa shape index (κ3) is 18.3. The van der Waals surface area contributed by atoms with Gasteiger partial charge in [0.25, 0.3) is 0 Å². The molecule has 0 aromatic heterocycles. The van der Waals surface area contributed by atoms with Gasteiger partial charge in [-0.1, -0.05) is 135 Å². The van der Waals surface area contributed by atoms with Crippen molar-refractivity contribution < 1.29 is 92.7 Å². The molecule has 80 heavy (non-hydrogen) atoms. The molecule has 0 aromatic rings. The Morgan fingerprint density at radius 2 is 0.950 bits per heavy atom. The van der Waals surface area contributed by atoms with Crippen LogP contribution in [0.4, 0.5) is 0 Å². The van der Waals surface area contributed by atoms with E-state index in [-0.39, 0.29) is 43.0 Å². The second-order valence-corrected chi connectivity index (χ2v) is 21.4. The van der Waals surface area contributed by atoms with Gasteiger partial charge in [0.15, 0.2) is 41.4 Å². The van der Waals surface area contributed by atoms with Crippen molar-refractivity contribution in [3.05, 3.63) is 153 Å². The summed E-state index contributed by atoms with van der Waals surface area (Å²) in [5, 5.41) is 58.3. The number of aliphatic hydroxyl groups excluding tert-OH is 6. The van der Waals surface area contributed by atoms with Gasteiger partial charge >= 0.3 is 29.8 Å². The van der Waals surface area contributed by atoms with E-state index in [2.05, 4.69) is 9.47 Å². The Bertz CT molecular complexity index is 2690. The Kier molecular flexibility index (Phi) is 23.3. The van der Waals surface area contributed by atoms with Crippen LogP contribution in [0.5, 0.6) is 0 Å². The Hall–Kier alpha value is -7.90. The molecule has 19 heteroatoms. The summed E-state index contributed by atoms with van der Waals surface area (Å²) in [4.78, 5) is 99.4. The second kappa shape index (κ2) is 28.8. The fraction of sp³-hybridized carbons (Fsp3) is 0.443. The van der Waals surface area contributed by atoms with E-state index < -0.39 is 126 Å². The first-order valence-electron chi connectivity index (χ1n) is 26.1. The average molecular weight is 1110 g/mol. The van der Waals surface area contributed by atoms with Gasteiger partial charge in [0.1, 0.15) is 31.2 Å². The first-order chi connectivity index (χ1) is 37.4. The van der Waals surface area contributed by atoms with Crippen LogP contribution in [0.15, 0.2) is 153 Å². The minimum Gasteiger partial charge on any atom is -0.505 e. The van der Waals surface area contributed by atoms with Gasteiger partial charge < -0.3 is 54.3 Å². The number of ether oxygens (including phenoxy) is 5. The van der Waals surface area contributed by atoms with Crippen molar-refractivity contribution in [3.8, 4) is 0 Å². The zero-order valence-electron chi connectivity index (χ0n) is 46.9. The minimum absolute atomic E-state index is 0.0440. The molecule has 0 fully saturated rings. The van der Waals surface area contributed by atoms with Crippen molar-refractivity contribution in [3.63, 3.8) is 0 Å². The van der Waals surface area contributed by atoms with Gasteiger partial charge in [0.05, 0.1) is 19.3 Å². The van der Waals surface area contributed by atoms with Crippen molar-refractivity contribution in [2.45, 2.75) is 145 Å². The number of ketones is 3. The molecular weight excluding hydrogens is 1040 g/mol. The molecule has 2 unspecified atom stereocenters. The lowest BCUT2D eigenvalue weighted by Crippen LogP contribution is -2.39. The molecule has 0 saturated heterocycles. The number of carbonyl (C=O) groups excluding carboxylic acids is 8.